The number of anilines is 1. The SMILES string of the molecule is COC(=O)c1sc(N2CCC(N(C)C(C)=O)CC2)nc1Cl. The van der Waals surface area contributed by atoms with Gasteiger partial charge < -0.3 is 14.5 Å². The van der Waals surface area contributed by atoms with Crippen LogP contribution >= 0.6 is 22.9 Å². The molecule has 1 aromatic rings. The molecule has 0 N–H and O–H groups in total. The van der Waals surface area contributed by atoms with Crippen LogP contribution in [0.2, 0.25) is 5.15 Å². The largest absolute Gasteiger partial charge is 0.465 e. The Morgan fingerprint density at radius 3 is 2.57 bits per heavy atom. The molecule has 1 saturated heterocycles. The molecule has 0 radical (unpaired) electrons. The van der Waals surface area contributed by atoms with E-state index in [0.717, 1.165) is 31.1 Å². The van der Waals surface area contributed by atoms with Gasteiger partial charge in [-0.1, -0.05) is 22.9 Å². The number of amides is 1. The van der Waals surface area contributed by atoms with Crippen molar-refractivity contribution in [1.29, 1.82) is 0 Å². The third-order valence-corrected chi connectivity index (χ3v) is 5.21. The molecule has 8 heteroatoms. The first kappa shape index (κ1) is 16.0. The van der Waals surface area contributed by atoms with Crippen molar-refractivity contribution in [2.75, 3.05) is 32.1 Å². The average molecular weight is 332 g/mol. The lowest BCUT2D eigenvalue weighted by Crippen LogP contribution is -2.45. The van der Waals surface area contributed by atoms with Crippen molar-refractivity contribution in [3.8, 4) is 0 Å². The maximum atomic E-state index is 11.5. The van der Waals surface area contributed by atoms with Gasteiger partial charge in [0.1, 0.15) is 0 Å². The summed E-state index contributed by atoms with van der Waals surface area (Å²) in [5.41, 5.74) is 0. The number of esters is 1. The molecule has 0 spiro atoms. The van der Waals surface area contributed by atoms with Crippen molar-refractivity contribution in [1.82, 2.24) is 9.88 Å². The molecule has 0 aliphatic carbocycles. The zero-order valence-electron chi connectivity index (χ0n) is 12.3. The number of piperidine rings is 1. The van der Waals surface area contributed by atoms with Gasteiger partial charge in [-0.3, -0.25) is 4.79 Å². The smallest absolute Gasteiger partial charge is 0.351 e. The van der Waals surface area contributed by atoms with Crippen molar-refractivity contribution in [2.24, 2.45) is 0 Å². The number of carbonyl (C=O) groups is 2. The van der Waals surface area contributed by atoms with Gasteiger partial charge in [-0.25, -0.2) is 9.78 Å². The monoisotopic (exact) mass is 331 g/mol. The van der Waals surface area contributed by atoms with Crippen molar-refractivity contribution in [3.63, 3.8) is 0 Å². The number of hydrogen-bond acceptors (Lipinski definition) is 6. The third kappa shape index (κ3) is 3.47. The summed E-state index contributed by atoms with van der Waals surface area (Å²) < 4.78 is 4.68. The summed E-state index contributed by atoms with van der Waals surface area (Å²) in [5, 5.41) is 0.911. The van der Waals surface area contributed by atoms with E-state index in [0.29, 0.717) is 4.88 Å². The van der Waals surface area contributed by atoms with Gasteiger partial charge in [0.15, 0.2) is 15.2 Å². The second kappa shape index (κ2) is 6.62. The Labute approximate surface area is 132 Å². The van der Waals surface area contributed by atoms with Crippen LogP contribution in [0, 0.1) is 0 Å². The van der Waals surface area contributed by atoms with E-state index in [9.17, 15) is 9.59 Å². The number of hydrogen-bond donors (Lipinski definition) is 0. The number of thiazole rings is 1. The zero-order valence-corrected chi connectivity index (χ0v) is 13.8. The van der Waals surface area contributed by atoms with Crippen LogP contribution in [0.25, 0.3) is 0 Å². The molecular weight excluding hydrogens is 314 g/mol. The molecule has 21 heavy (non-hydrogen) atoms. The predicted molar refractivity (Wildman–Crippen MR) is 82.1 cm³/mol. The van der Waals surface area contributed by atoms with Crippen LogP contribution in [-0.2, 0) is 9.53 Å². The molecule has 116 valence electrons. The lowest BCUT2D eigenvalue weighted by Gasteiger charge is -2.36. The molecule has 1 aliphatic rings. The number of aromatic nitrogens is 1. The minimum absolute atomic E-state index is 0.0821. The molecule has 1 amide bonds. The van der Waals surface area contributed by atoms with Gasteiger partial charge in [0.25, 0.3) is 0 Å². The summed E-state index contributed by atoms with van der Waals surface area (Å²) in [6, 6.07) is 0.259. The topological polar surface area (TPSA) is 62.7 Å². The minimum Gasteiger partial charge on any atom is -0.465 e. The molecule has 0 atom stereocenters. The summed E-state index contributed by atoms with van der Waals surface area (Å²) in [5.74, 6) is -0.381. The molecule has 1 fully saturated rings. The average Bonchev–Trinajstić information content (AvgIpc) is 2.87. The Morgan fingerprint density at radius 2 is 2.05 bits per heavy atom. The summed E-state index contributed by atoms with van der Waals surface area (Å²) in [6.45, 7) is 3.15. The van der Waals surface area contributed by atoms with Gasteiger partial charge >= 0.3 is 5.97 Å². The van der Waals surface area contributed by atoms with Crippen LogP contribution in [0.3, 0.4) is 0 Å². The molecule has 0 saturated carbocycles. The van der Waals surface area contributed by atoms with E-state index in [1.165, 1.54) is 18.4 Å². The van der Waals surface area contributed by atoms with E-state index in [4.69, 9.17) is 11.6 Å². The first-order valence-electron chi connectivity index (χ1n) is 6.67. The normalized spacial score (nSPS) is 15.9. The number of nitrogens with zero attached hydrogens (tertiary/aromatic N) is 3. The zero-order chi connectivity index (χ0) is 15.6. The summed E-state index contributed by atoms with van der Waals surface area (Å²) >= 11 is 7.22. The lowest BCUT2D eigenvalue weighted by molar-refractivity contribution is -0.129. The van der Waals surface area contributed by atoms with Crippen LogP contribution in [0.15, 0.2) is 0 Å². The summed E-state index contributed by atoms with van der Waals surface area (Å²) in [7, 11) is 3.15. The van der Waals surface area contributed by atoms with E-state index in [1.807, 2.05) is 7.05 Å². The van der Waals surface area contributed by atoms with Crippen LogP contribution in [0.4, 0.5) is 5.13 Å². The maximum Gasteiger partial charge on any atom is 0.351 e. The fraction of sp³-hybridized carbons (Fsp3) is 0.615. The number of methoxy groups -OCH3 is 1. The van der Waals surface area contributed by atoms with Gasteiger partial charge in [-0.05, 0) is 12.8 Å². The van der Waals surface area contributed by atoms with Crippen molar-refractivity contribution < 1.29 is 14.3 Å². The molecule has 1 aromatic heterocycles. The quantitative estimate of drug-likeness (QED) is 0.793. The Morgan fingerprint density at radius 1 is 1.43 bits per heavy atom. The Hall–Kier alpha value is -1.34. The van der Waals surface area contributed by atoms with E-state index in [2.05, 4.69) is 14.6 Å². The van der Waals surface area contributed by atoms with Crippen molar-refractivity contribution in [2.45, 2.75) is 25.8 Å². The predicted octanol–water partition coefficient (Wildman–Crippen LogP) is 2.03. The van der Waals surface area contributed by atoms with Crippen molar-refractivity contribution >= 4 is 39.9 Å². The molecule has 6 nitrogen and oxygen atoms in total. The third-order valence-electron chi connectivity index (χ3n) is 3.72. The molecule has 0 bridgehead atoms. The Kier molecular flexibility index (Phi) is 5.05. The van der Waals surface area contributed by atoms with Gasteiger partial charge in [0.05, 0.1) is 7.11 Å². The number of ether oxygens (including phenoxy) is 1. The van der Waals surface area contributed by atoms with Crippen LogP contribution in [0.5, 0.6) is 0 Å². The highest BCUT2D eigenvalue weighted by molar-refractivity contribution is 7.18. The lowest BCUT2D eigenvalue weighted by atomic mass is 10.0. The van der Waals surface area contributed by atoms with Gasteiger partial charge in [-0.2, -0.15) is 0 Å². The van der Waals surface area contributed by atoms with Crippen LogP contribution in [0.1, 0.15) is 29.4 Å². The number of halogens is 1. The standard InChI is InChI=1S/C13H18ClN3O3S/c1-8(18)16(2)9-4-6-17(7-5-9)13-15-11(14)10(21-13)12(19)20-3/h9H,4-7H2,1-3H3. The minimum atomic E-state index is -0.463. The highest BCUT2D eigenvalue weighted by Gasteiger charge is 2.27. The van der Waals surface area contributed by atoms with E-state index in [-0.39, 0.29) is 17.1 Å². The van der Waals surface area contributed by atoms with Gasteiger partial charge in [0.2, 0.25) is 5.91 Å². The highest BCUT2D eigenvalue weighted by Crippen LogP contribution is 2.32. The van der Waals surface area contributed by atoms with Crippen LogP contribution < -0.4 is 4.90 Å². The second-order valence-electron chi connectivity index (χ2n) is 4.96. The fourth-order valence-electron chi connectivity index (χ4n) is 2.35. The fourth-order valence-corrected chi connectivity index (χ4v) is 3.60. The molecular formula is C13H18ClN3O3S. The molecule has 1 aliphatic heterocycles. The highest BCUT2D eigenvalue weighted by atomic mass is 35.5. The van der Waals surface area contributed by atoms with E-state index >= 15 is 0 Å². The molecule has 0 aromatic carbocycles. The number of rotatable bonds is 3. The Balaban J connectivity index is 2.03. The molecule has 2 rings (SSSR count). The number of carbonyl (C=O) groups excluding carboxylic acids is 2. The summed E-state index contributed by atoms with van der Waals surface area (Å²) in [6.07, 6.45) is 1.75. The van der Waals surface area contributed by atoms with E-state index < -0.39 is 5.97 Å². The van der Waals surface area contributed by atoms with Gasteiger partial charge in [0, 0.05) is 33.1 Å². The first-order chi connectivity index (χ1) is 9.93. The maximum absolute atomic E-state index is 11.5. The molecule has 2 heterocycles. The first-order valence-corrected chi connectivity index (χ1v) is 7.86. The second-order valence-corrected chi connectivity index (χ2v) is 6.29. The van der Waals surface area contributed by atoms with Crippen LogP contribution in [-0.4, -0.2) is 55.0 Å². The van der Waals surface area contributed by atoms with E-state index in [1.54, 1.807) is 11.8 Å². The Bertz CT molecular complexity index is 541. The molecule has 0 unspecified atom stereocenters. The van der Waals surface area contributed by atoms with Crippen molar-refractivity contribution in [3.05, 3.63) is 10.0 Å². The van der Waals surface area contributed by atoms with Gasteiger partial charge in [-0.15, -0.1) is 0 Å². The summed E-state index contributed by atoms with van der Waals surface area (Å²) in [4.78, 5) is 31.4.